The summed E-state index contributed by atoms with van der Waals surface area (Å²) >= 11 is 0. The monoisotopic (exact) mass is 248 g/mol. The van der Waals surface area contributed by atoms with Crippen LogP contribution in [0, 0.1) is 5.92 Å². The number of carbonyl (C=O) groups excluding carboxylic acids is 1. The number of likely N-dealkylation sites (tertiary alicyclic amines) is 1. The highest BCUT2D eigenvalue weighted by atomic mass is 19.3. The summed E-state index contributed by atoms with van der Waals surface area (Å²) in [6.45, 7) is 4.69. The van der Waals surface area contributed by atoms with Gasteiger partial charge in [0.15, 0.2) is 0 Å². The van der Waals surface area contributed by atoms with Crippen molar-refractivity contribution in [1.82, 2.24) is 10.2 Å². The van der Waals surface area contributed by atoms with Crippen LogP contribution in [0.25, 0.3) is 0 Å². The predicted molar refractivity (Wildman–Crippen MR) is 63.1 cm³/mol. The minimum absolute atomic E-state index is 0.0122. The maximum Gasteiger partial charge on any atom is 0.250 e. The molecule has 0 aromatic rings. The van der Waals surface area contributed by atoms with E-state index in [1.165, 1.54) is 0 Å². The molecular weight excluding hydrogens is 226 g/mol. The van der Waals surface area contributed by atoms with Crippen molar-refractivity contribution in [2.75, 3.05) is 19.6 Å². The number of rotatable bonds is 5. The first-order chi connectivity index (χ1) is 8.02. The lowest BCUT2D eigenvalue weighted by molar-refractivity contribution is -0.131. The second kappa shape index (κ2) is 6.89. The average Bonchev–Trinajstić information content (AvgIpc) is 2.26. The summed E-state index contributed by atoms with van der Waals surface area (Å²) in [7, 11) is 0. The van der Waals surface area contributed by atoms with Gasteiger partial charge < -0.3 is 10.2 Å². The van der Waals surface area contributed by atoms with Crippen molar-refractivity contribution in [2.24, 2.45) is 5.92 Å². The third-order valence-electron chi connectivity index (χ3n) is 3.24. The Bertz CT molecular complexity index is 249. The summed E-state index contributed by atoms with van der Waals surface area (Å²) in [5.74, 6) is 0.475. The largest absolute Gasteiger partial charge is 0.341 e. The van der Waals surface area contributed by atoms with E-state index in [1.54, 1.807) is 11.8 Å². The Labute approximate surface area is 102 Å². The Hall–Kier alpha value is -0.710. The standard InChI is InChI=1S/C12H22F2N2O/c1-3-4-10-5-11(15-6-12(13)14)8-16(7-10)9(2)17/h10-12,15H,3-8H2,1-2H3. The number of alkyl halides is 2. The minimum atomic E-state index is -2.33. The summed E-state index contributed by atoms with van der Waals surface area (Å²) in [5, 5.41) is 2.85. The molecule has 0 aliphatic carbocycles. The second-order valence-corrected chi connectivity index (χ2v) is 4.81. The van der Waals surface area contributed by atoms with Gasteiger partial charge in [-0.15, -0.1) is 0 Å². The first kappa shape index (κ1) is 14.4. The molecule has 2 atom stereocenters. The molecule has 1 rings (SSSR count). The second-order valence-electron chi connectivity index (χ2n) is 4.81. The summed E-state index contributed by atoms with van der Waals surface area (Å²) in [6.07, 6.45) is 0.686. The van der Waals surface area contributed by atoms with Gasteiger partial charge in [0.1, 0.15) is 0 Å². The summed E-state index contributed by atoms with van der Waals surface area (Å²) in [4.78, 5) is 13.2. The molecular formula is C12H22F2N2O. The Kier molecular flexibility index (Phi) is 5.82. The van der Waals surface area contributed by atoms with Gasteiger partial charge in [-0.05, 0) is 18.8 Å². The molecule has 0 bridgehead atoms. The SMILES string of the molecule is CCCC1CC(NCC(F)F)CN(C(C)=O)C1. The quantitative estimate of drug-likeness (QED) is 0.805. The van der Waals surface area contributed by atoms with Crippen LogP contribution in [0.5, 0.6) is 0 Å². The number of piperidine rings is 1. The molecule has 1 aliphatic rings. The first-order valence-corrected chi connectivity index (χ1v) is 6.30. The van der Waals surface area contributed by atoms with E-state index in [1.807, 2.05) is 0 Å². The zero-order valence-electron chi connectivity index (χ0n) is 10.6. The number of halogens is 2. The first-order valence-electron chi connectivity index (χ1n) is 6.30. The highest BCUT2D eigenvalue weighted by molar-refractivity contribution is 5.73. The van der Waals surface area contributed by atoms with Crippen LogP contribution < -0.4 is 5.32 Å². The summed E-state index contributed by atoms with van der Waals surface area (Å²) in [6, 6.07) is 0.0122. The van der Waals surface area contributed by atoms with Gasteiger partial charge in [-0.3, -0.25) is 4.79 Å². The van der Waals surface area contributed by atoms with Crippen LogP contribution in [0.2, 0.25) is 0 Å². The maximum atomic E-state index is 12.1. The highest BCUT2D eigenvalue weighted by Gasteiger charge is 2.28. The van der Waals surface area contributed by atoms with E-state index < -0.39 is 6.43 Å². The van der Waals surface area contributed by atoms with Gasteiger partial charge in [0.05, 0.1) is 6.54 Å². The van der Waals surface area contributed by atoms with Gasteiger partial charge >= 0.3 is 0 Å². The van der Waals surface area contributed by atoms with Crippen LogP contribution in [0.1, 0.15) is 33.1 Å². The molecule has 100 valence electrons. The molecule has 17 heavy (non-hydrogen) atoms. The maximum absolute atomic E-state index is 12.1. The van der Waals surface area contributed by atoms with Gasteiger partial charge in [0, 0.05) is 26.1 Å². The lowest BCUT2D eigenvalue weighted by Crippen LogP contribution is -2.51. The van der Waals surface area contributed by atoms with Gasteiger partial charge in [-0.1, -0.05) is 13.3 Å². The fourth-order valence-corrected chi connectivity index (χ4v) is 2.48. The van der Waals surface area contributed by atoms with Crippen LogP contribution in [0.3, 0.4) is 0 Å². The van der Waals surface area contributed by atoms with E-state index in [4.69, 9.17) is 0 Å². The molecule has 0 aromatic carbocycles. The molecule has 2 unspecified atom stereocenters. The number of carbonyl (C=O) groups is 1. The molecule has 1 heterocycles. The van der Waals surface area contributed by atoms with E-state index in [-0.39, 0.29) is 18.5 Å². The topological polar surface area (TPSA) is 32.3 Å². The van der Waals surface area contributed by atoms with Crippen LogP contribution >= 0.6 is 0 Å². The predicted octanol–water partition coefficient (Wildman–Crippen LogP) is 1.88. The van der Waals surface area contributed by atoms with Crippen LogP contribution in [-0.4, -0.2) is 42.9 Å². The fraction of sp³-hybridized carbons (Fsp3) is 0.917. The van der Waals surface area contributed by atoms with Gasteiger partial charge in [-0.25, -0.2) is 8.78 Å². The molecule has 3 nitrogen and oxygen atoms in total. The van der Waals surface area contributed by atoms with Crippen molar-refractivity contribution < 1.29 is 13.6 Å². The van der Waals surface area contributed by atoms with Crippen LogP contribution in [0.4, 0.5) is 8.78 Å². The van der Waals surface area contributed by atoms with E-state index in [2.05, 4.69) is 12.2 Å². The van der Waals surface area contributed by atoms with Crippen LogP contribution in [-0.2, 0) is 4.79 Å². The third kappa shape index (κ3) is 4.98. The molecule has 1 N–H and O–H groups in total. The number of amides is 1. The lowest BCUT2D eigenvalue weighted by Gasteiger charge is -2.37. The van der Waals surface area contributed by atoms with E-state index >= 15 is 0 Å². The molecule has 0 spiro atoms. The van der Waals surface area contributed by atoms with Crippen LogP contribution in [0.15, 0.2) is 0 Å². The van der Waals surface area contributed by atoms with Crippen molar-refractivity contribution >= 4 is 5.91 Å². The van der Waals surface area contributed by atoms with Crippen molar-refractivity contribution in [3.05, 3.63) is 0 Å². The van der Waals surface area contributed by atoms with Gasteiger partial charge in [0.2, 0.25) is 5.91 Å². The number of hydrogen-bond acceptors (Lipinski definition) is 2. The Morgan fingerprint density at radius 1 is 1.47 bits per heavy atom. The third-order valence-corrected chi connectivity index (χ3v) is 3.24. The number of nitrogens with one attached hydrogen (secondary N) is 1. The summed E-state index contributed by atoms with van der Waals surface area (Å²) in [5.41, 5.74) is 0. The van der Waals surface area contributed by atoms with Crippen molar-refractivity contribution in [3.8, 4) is 0 Å². The molecule has 5 heteroatoms. The summed E-state index contributed by atoms with van der Waals surface area (Å²) < 4.78 is 24.3. The Morgan fingerprint density at radius 2 is 2.18 bits per heavy atom. The molecule has 0 saturated carbocycles. The minimum Gasteiger partial charge on any atom is -0.341 e. The molecule has 1 aliphatic heterocycles. The Balaban J connectivity index is 2.49. The molecule has 1 fully saturated rings. The molecule has 0 aromatic heterocycles. The Morgan fingerprint density at radius 3 is 2.71 bits per heavy atom. The zero-order valence-corrected chi connectivity index (χ0v) is 10.6. The highest BCUT2D eigenvalue weighted by Crippen LogP contribution is 2.21. The molecule has 1 saturated heterocycles. The zero-order chi connectivity index (χ0) is 12.8. The average molecular weight is 248 g/mol. The molecule has 1 amide bonds. The van der Waals surface area contributed by atoms with Crippen molar-refractivity contribution in [3.63, 3.8) is 0 Å². The van der Waals surface area contributed by atoms with E-state index in [0.29, 0.717) is 12.5 Å². The van der Waals surface area contributed by atoms with E-state index in [0.717, 1.165) is 25.8 Å². The van der Waals surface area contributed by atoms with Crippen molar-refractivity contribution in [2.45, 2.75) is 45.6 Å². The number of hydrogen-bond donors (Lipinski definition) is 1. The van der Waals surface area contributed by atoms with Gasteiger partial charge in [0.25, 0.3) is 6.43 Å². The van der Waals surface area contributed by atoms with Gasteiger partial charge in [-0.2, -0.15) is 0 Å². The fourth-order valence-electron chi connectivity index (χ4n) is 2.48. The smallest absolute Gasteiger partial charge is 0.250 e. The molecule has 0 radical (unpaired) electrons. The number of nitrogens with zero attached hydrogens (tertiary/aromatic N) is 1. The normalized spacial score (nSPS) is 25.4. The van der Waals surface area contributed by atoms with Crippen molar-refractivity contribution in [1.29, 1.82) is 0 Å². The van der Waals surface area contributed by atoms with E-state index in [9.17, 15) is 13.6 Å². The lowest BCUT2D eigenvalue weighted by atomic mass is 9.90.